The summed E-state index contributed by atoms with van der Waals surface area (Å²) >= 11 is 0. The van der Waals surface area contributed by atoms with E-state index in [4.69, 9.17) is 4.74 Å². The van der Waals surface area contributed by atoms with Gasteiger partial charge in [0.25, 0.3) is 5.91 Å². The molecule has 1 aromatic carbocycles. The van der Waals surface area contributed by atoms with Crippen LogP contribution in [0.2, 0.25) is 0 Å². The van der Waals surface area contributed by atoms with E-state index < -0.39 is 5.60 Å². The summed E-state index contributed by atoms with van der Waals surface area (Å²) in [5.74, 6) is 0.843. The number of hydrogen-bond acceptors (Lipinski definition) is 6. The smallest absolute Gasteiger partial charge is 0.260 e. The third-order valence-corrected chi connectivity index (χ3v) is 3.81. The van der Waals surface area contributed by atoms with Crippen molar-refractivity contribution in [1.29, 1.82) is 0 Å². The molecule has 3 rings (SSSR count). The standard InChI is InChI=1S/C14H17N5O3/c20-12(10-22-11-4-2-1-3-5-11)19-8-6-14(21,7-9-19)13-15-17-18-16-13/h1-5,21H,6-10H2,(H,15,16,17,18). The molecule has 8 heteroatoms. The summed E-state index contributed by atoms with van der Waals surface area (Å²) in [5, 5.41) is 23.9. The molecule has 0 radical (unpaired) electrons. The van der Waals surface area contributed by atoms with Crippen molar-refractivity contribution in [3.05, 3.63) is 36.2 Å². The fourth-order valence-electron chi connectivity index (χ4n) is 2.46. The number of para-hydroxylation sites is 1. The number of amides is 1. The van der Waals surface area contributed by atoms with Gasteiger partial charge in [-0.1, -0.05) is 23.4 Å². The van der Waals surface area contributed by atoms with Crippen molar-refractivity contribution in [2.45, 2.75) is 18.4 Å². The number of ether oxygens (including phenoxy) is 1. The molecule has 0 spiro atoms. The number of hydrogen-bond donors (Lipinski definition) is 2. The Morgan fingerprint density at radius 1 is 1.32 bits per heavy atom. The second-order valence-electron chi connectivity index (χ2n) is 5.25. The number of carbonyl (C=O) groups excluding carboxylic acids is 1. The molecular weight excluding hydrogens is 286 g/mol. The Hall–Kier alpha value is -2.48. The SMILES string of the molecule is O=C(COc1ccccc1)N1CCC(O)(c2nn[nH]n2)CC1. The molecule has 1 aliphatic heterocycles. The molecule has 1 amide bonds. The average molecular weight is 303 g/mol. The van der Waals surface area contributed by atoms with Crippen molar-refractivity contribution >= 4 is 5.91 Å². The number of H-pyrrole nitrogens is 1. The lowest BCUT2D eigenvalue weighted by molar-refractivity contribution is -0.138. The molecule has 1 aromatic heterocycles. The zero-order valence-corrected chi connectivity index (χ0v) is 12.0. The number of rotatable bonds is 4. The van der Waals surface area contributed by atoms with Crippen LogP contribution in [0.1, 0.15) is 18.7 Å². The lowest BCUT2D eigenvalue weighted by atomic mass is 9.91. The number of aromatic nitrogens is 4. The topological polar surface area (TPSA) is 104 Å². The van der Waals surface area contributed by atoms with Gasteiger partial charge in [0.15, 0.2) is 6.61 Å². The number of carbonyl (C=O) groups is 1. The van der Waals surface area contributed by atoms with Gasteiger partial charge in [-0.2, -0.15) is 5.21 Å². The highest BCUT2D eigenvalue weighted by atomic mass is 16.5. The first-order valence-electron chi connectivity index (χ1n) is 7.09. The van der Waals surface area contributed by atoms with Crippen molar-refractivity contribution in [2.24, 2.45) is 0 Å². The van der Waals surface area contributed by atoms with Gasteiger partial charge in [0.05, 0.1) is 0 Å². The van der Waals surface area contributed by atoms with Crippen molar-refractivity contribution in [3.8, 4) is 5.75 Å². The van der Waals surface area contributed by atoms with Crippen molar-refractivity contribution in [1.82, 2.24) is 25.5 Å². The fourth-order valence-corrected chi connectivity index (χ4v) is 2.46. The van der Waals surface area contributed by atoms with E-state index in [9.17, 15) is 9.90 Å². The maximum Gasteiger partial charge on any atom is 0.260 e. The lowest BCUT2D eigenvalue weighted by Crippen LogP contribution is -2.47. The van der Waals surface area contributed by atoms with E-state index in [2.05, 4.69) is 20.6 Å². The van der Waals surface area contributed by atoms with E-state index in [0.29, 0.717) is 31.7 Å². The van der Waals surface area contributed by atoms with Crippen LogP contribution < -0.4 is 4.74 Å². The molecule has 1 saturated heterocycles. The van der Waals surface area contributed by atoms with Crippen molar-refractivity contribution in [2.75, 3.05) is 19.7 Å². The molecule has 22 heavy (non-hydrogen) atoms. The van der Waals surface area contributed by atoms with Crippen LogP contribution in [0.5, 0.6) is 5.75 Å². The van der Waals surface area contributed by atoms with Crippen LogP contribution in [-0.4, -0.2) is 56.2 Å². The molecule has 8 nitrogen and oxygen atoms in total. The molecule has 0 bridgehead atoms. The molecule has 1 fully saturated rings. The predicted molar refractivity (Wildman–Crippen MR) is 75.8 cm³/mol. The van der Waals surface area contributed by atoms with Crippen LogP contribution in [-0.2, 0) is 10.4 Å². The molecular formula is C14H17N5O3. The average Bonchev–Trinajstić information content (AvgIpc) is 3.10. The summed E-state index contributed by atoms with van der Waals surface area (Å²) in [7, 11) is 0. The number of nitrogens with one attached hydrogen (secondary N) is 1. The third-order valence-electron chi connectivity index (χ3n) is 3.81. The van der Waals surface area contributed by atoms with Gasteiger partial charge >= 0.3 is 0 Å². The fraction of sp³-hybridized carbons (Fsp3) is 0.429. The van der Waals surface area contributed by atoms with E-state index in [1.165, 1.54) is 0 Å². The van der Waals surface area contributed by atoms with Crippen LogP contribution >= 0.6 is 0 Å². The highest BCUT2D eigenvalue weighted by molar-refractivity contribution is 5.77. The second-order valence-corrected chi connectivity index (χ2v) is 5.25. The molecule has 2 aromatic rings. The van der Waals surface area contributed by atoms with Gasteiger partial charge in [-0.05, 0) is 12.1 Å². The maximum atomic E-state index is 12.1. The Morgan fingerprint density at radius 2 is 2.05 bits per heavy atom. The van der Waals surface area contributed by atoms with E-state index >= 15 is 0 Å². The monoisotopic (exact) mass is 303 g/mol. The van der Waals surface area contributed by atoms with Crippen molar-refractivity contribution < 1.29 is 14.6 Å². The second kappa shape index (κ2) is 6.10. The Morgan fingerprint density at radius 3 is 2.68 bits per heavy atom. The quantitative estimate of drug-likeness (QED) is 0.829. The molecule has 116 valence electrons. The number of likely N-dealkylation sites (tertiary alicyclic amines) is 1. The first kappa shape index (κ1) is 14.5. The zero-order chi connectivity index (χ0) is 15.4. The molecule has 2 heterocycles. The molecule has 2 N–H and O–H groups in total. The molecule has 0 saturated carbocycles. The minimum Gasteiger partial charge on any atom is -0.484 e. The third kappa shape index (κ3) is 3.06. The number of piperidine rings is 1. The largest absolute Gasteiger partial charge is 0.484 e. The van der Waals surface area contributed by atoms with Crippen molar-refractivity contribution in [3.63, 3.8) is 0 Å². The van der Waals surface area contributed by atoms with Crippen LogP contribution in [0.4, 0.5) is 0 Å². The zero-order valence-electron chi connectivity index (χ0n) is 12.0. The first-order chi connectivity index (χ1) is 10.7. The van der Waals surface area contributed by atoms with E-state index in [1.807, 2.05) is 18.2 Å². The number of nitrogens with zero attached hydrogens (tertiary/aromatic N) is 4. The number of tetrazole rings is 1. The summed E-state index contributed by atoms with van der Waals surface area (Å²) in [5.41, 5.74) is -1.12. The van der Waals surface area contributed by atoms with Gasteiger partial charge in [0.2, 0.25) is 5.82 Å². The van der Waals surface area contributed by atoms with Gasteiger partial charge in [-0.25, -0.2) is 0 Å². The summed E-state index contributed by atoms with van der Waals surface area (Å²) in [4.78, 5) is 13.8. The highest BCUT2D eigenvalue weighted by Crippen LogP contribution is 2.29. The Kier molecular flexibility index (Phi) is 4.01. The predicted octanol–water partition coefficient (Wildman–Crippen LogP) is 0.0887. The van der Waals surface area contributed by atoms with Gasteiger partial charge < -0.3 is 14.7 Å². The van der Waals surface area contributed by atoms with E-state index in [0.717, 1.165) is 0 Å². The van der Waals surface area contributed by atoms with Crippen LogP contribution in [0.15, 0.2) is 30.3 Å². The number of aliphatic hydroxyl groups is 1. The minimum absolute atomic E-state index is 0.00927. The summed E-state index contributed by atoms with van der Waals surface area (Å²) in [6.45, 7) is 0.856. The minimum atomic E-state index is -1.12. The van der Waals surface area contributed by atoms with Gasteiger partial charge in [0.1, 0.15) is 11.4 Å². The van der Waals surface area contributed by atoms with E-state index in [-0.39, 0.29) is 18.3 Å². The Labute approximate surface area is 127 Å². The van der Waals surface area contributed by atoms with Gasteiger partial charge in [-0.3, -0.25) is 4.79 Å². The Balaban J connectivity index is 1.52. The van der Waals surface area contributed by atoms with Crippen LogP contribution in [0.25, 0.3) is 0 Å². The van der Waals surface area contributed by atoms with Crippen LogP contribution in [0, 0.1) is 0 Å². The highest BCUT2D eigenvalue weighted by Gasteiger charge is 2.38. The maximum absolute atomic E-state index is 12.1. The number of benzene rings is 1. The van der Waals surface area contributed by atoms with Gasteiger partial charge in [-0.15, -0.1) is 10.2 Å². The molecule has 0 atom stereocenters. The molecule has 1 aliphatic rings. The molecule has 0 aliphatic carbocycles. The normalized spacial score (nSPS) is 17.2. The summed E-state index contributed by atoms with van der Waals surface area (Å²) in [6, 6.07) is 9.20. The lowest BCUT2D eigenvalue weighted by Gasteiger charge is -2.36. The molecule has 0 unspecified atom stereocenters. The summed E-state index contributed by atoms with van der Waals surface area (Å²) in [6.07, 6.45) is 0.757. The van der Waals surface area contributed by atoms with Crippen LogP contribution in [0.3, 0.4) is 0 Å². The Bertz CT molecular complexity index is 609. The number of aromatic amines is 1. The van der Waals surface area contributed by atoms with E-state index in [1.54, 1.807) is 17.0 Å². The first-order valence-corrected chi connectivity index (χ1v) is 7.09. The van der Waals surface area contributed by atoms with Gasteiger partial charge in [0, 0.05) is 25.9 Å². The summed E-state index contributed by atoms with van der Waals surface area (Å²) < 4.78 is 5.45.